The van der Waals surface area contributed by atoms with Crippen LogP contribution in [0.2, 0.25) is 0 Å². The maximum atomic E-state index is 13.9. The summed E-state index contributed by atoms with van der Waals surface area (Å²) in [7, 11) is 0. The van der Waals surface area contributed by atoms with E-state index in [0.717, 1.165) is 14.2 Å². The molecular formula is C12H9Br2FOS. The number of benzene rings is 1. The van der Waals surface area contributed by atoms with E-state index >= 15 is 0 Å². The van der Waals surface area contributed by atoms with Crippen molar-refractivity contribution in [2.75, 3.05) is 0 Å². The zero-order chi connectivity index (χ0) is 12.6. The van der Waals surface area contributed by atoms with Gasteiger partial charge in [0.2, 0.25) is 0 Å². The van der Waals surface area contributed by atoms with Gasteiger partial charge in [0.25, 0.3) is 0 Å². The molecule has 1 atom stereocenters. The summed E-state index contributed by atoms with van der Waals surface area (Å²) in [6, 6.07) is 6.83. The molecule has 0 amide bonds. The Morgan fingerprint density at radius 3 is 2.59 bits per heavy atom. The predicted molar refractivity (Wildman–Crippen MR) is 74.9 cm³/mol. The Labute approximate surface area is 120 Å². The van der Waals surface area contributed by atoms with E-state index in [0.29, 0.717) is 4.47 Å². The van der Waals surface area contributed by atoms with Crippen LogP contribution >= 0.6 is 43.2 Å². The molecule has 0 aliphatic carbocycles. The molecule has 2 rings (SSSR count). The summed E-state index contributed by atoms with van der Waals surface area (Å²) < 4.78 is 15.0. The Balaban J connectivity index is 2.47. The second-order valence-corrected chi connectivity index (χ2v) is 6.61. The average Bonchev–Trinajstić information content (AvgIpc) is 2.61. The molecule has 90 valence electrons. The Hall–Kier alpha value is -0.230. The van der Waals surface area contributed by atoms with Crippen molar-refractivity contribution < 1.29 is 9.50 Å². The second-order valence-electron chi connectivity index (χ2n) is 3.61. The third-order valence-corrected chi connectivity index (χ3v) is 4.99. The lowest BCUT2D eigenvalue weighted by Gasteiger charge is -2.11. The summed E-state index contributed by atoms with van der Waals surface area (Å²) in [5, 5.41) is 10.2. The first-order valence-corrected chi connectivity index (χ1v) is 7.28. The first-order chi connectivity index (χ1) is 8.00. The molecule has 17 heavy (non-hydrogen) atoms. The fraction of sp³-hybridized carbons (Fsp3) is 0.167. The number of thiophene rings is 1. The van der Waals surface area contributed by atoms with E-state index in [4.69, 9.17) is 0 Å². The van der Waals surface area contributed by atoms with Crippen LogP contribution in [0.15, 0.2) is 33.2 Å². The van der Waals surface area contributed by atoms with Crippen molar-refractivity contribution in [1.29, 1.82) is 0 Å². The molecule has 5 heteroatoms. The molecule has 1 aromatic carbocycles. The Bertz CT molecular complexity index is 553. The maximum absolute atomic E-state index is 13.9. The second kappa shape index (κ2) is 5.18. The summed E-state index contributed by atoms with van der Waals surface area (Å²) in [6.45, 7) is 1.95. The van der Waals surface area contributed by atoms with Gasteiger partial charge in [-0.1, -0.05) is 12.1 Å². The van der Waals surface area contributed by atoms with Gasteiger partial charge in [0.05, 0.1) is 9.35 Å². The Morgan fingerprint density at radius 1 is 1.29 bits per heavy atom. The fourth-order valence-corrected chi connectivity index (χ4v) is 3.82. The molecule has 0 aliphatic heterocycles. The van der Waals surface area contributed by atoms with Crippen molar-refractivity contribution >= 4 is 43.2 Å². The molecule has 0 aliphatic rings. The van der Waals surface area contributed by atoms with E-state index in [1.54, 1.807) is 18.2 Å². The highest BCUT2D eigenvalue weighted by atomic mass is 79.9. The molecule has 0 saturated heterocycles. The van der Waals surface area contributed by atoms with Gasteiger partial charge >= 0.3 is 0 Å². The molecule has 2 aromatic rings. The van der Waals surface area contributed by atoms with Gasteiger partial charge in [0.1, 0.15) is 11.9 Å². The van der Waals surface area contributed by atoms with Crippen molar-refractivity contribution in [2.45, 2.75) is 13.0 Å². The highest BCUT2D eigenvalue weighted by Crippen LogP contribution is 2.37. The van der Waals surface area contributed by atoms with Crippen molar-refractivity contribution in [1.82, 2.24) is 0 Å². The average molecular weight is 380 g/mol. The molecule has 1 unspecified atom stereocenters. The van der Waals surface area contributed by atoms with Crippen LogP contribution in [0.25, 0.3) is 0 Å². The standard InChI is InChI=1S/C12H9Br2FOS/c1-6-5-9(14)12(17-6)11(16)7-3-2-4-8(13)10(7)15/h2-5,11,16H,1H3. The molecule has 0 spiro atoms. The zero-order valence-electron chi connectivity index (χ0n) is 8.88. The van der Waals surface area contributed by atoms with Crippen molar-refractivity contribution in [2.24, 2.45) is 0 Å². The minimum absolute atomic E-state index is 0.280. The largest absolute Gasteiger partial charge is 0.383 e. The first kappa shape index (κ1) is 13.2. The zero-order valence-corrected chi connectivity index (χ0v) is 12.9. The minimum Gasteiger partial charge on any atom is -0.383 e. The van der Waals surface area contributed by atoms with Crippen LogP contribution in [0.5, 0.6) is 0 Å². The monoisotopic (exact) mass is 378 g/mol. The van der Waals surface area contributed by atoms with Gasteiger partial charge < -0.3 is 5.11 Å². The van der Waals surface area contributed by atoms with E-state index in [2.05, 4.69) is 31.9 Å². The lowest BCUT2D eigenvalue weighted by atomic mass is 10.1. The van der Waals surface area contributed by atoms with E-state index in [-0.39, 0.29) is 5.56 Å². The molecule has 1 heterocycles. The highest BCUT2D eigenvalue weighted by Gasteiger charge is 2.20. The lowest BCUT2D eigenvalue weighted by molar-refractivity contribution is 0.218. The summed E-state index contributed by atoms with van der Waals surface area (Å²) >= 11 is 7.94. The van der Waals surface area contributed by atoms with Gasteiger partial charge in [0, 0.05) is 14.9 Å². The van der Waals surface area contributed by atoms with Crippen LogP contribution in [0.3, 0.4) is 0 Å². The van der Waals surface area contributed by atoms with Crippen LogP contribution < -0.4 is 0 Å². The van der Waals surface area contributed by atoms with E-state index in [9.17, 15) is 9.50 Å². The van der Waals surface area contributed by atoms with Crippen LogP contribution in [-0.4, -0.2) is 5.11 Å². The Morgan fingerprint density at radius 2 is 2.00 bits per heavy atom. The van der Waals surface area contributed by atoms with E-state index < -0.39 is 11.9 Å². The quantitative estimate of drug-likeness (QED) is 0.794. The van der Waals surface area contributed by atoms with Gasteiger partial charge in [-0.05, 0) is 50.9 Å². The molecule has 1 N–H and O–H groups in total. The molecule has 0 saturated carbocycles. The van der Waals surface area contributed by atoms with E-state index in [1.165, 1.54) is 11.3 Å². The van der Waals surface area contributed by atoms with Crippen molar-refractivity contribution in [3.05, 3.63) is 54.3 Å². The van der Waals surface area contributed by atoms with Gasteiger partial charge in [-0.3, -0.25) is 0 Å². The van der Waals surface area contributed by atoms with E-state index in [1.807, 2.05) is 13.0 Å². The molecule has 0 fully saturated rings. The highest BCUT2D eigenvalue weighted by molar-refractivity contribution is 9.10. The number of hydrogen-bond donors (Lipinski definition) is 1. The van der Waals surface area contributed by atoms with Gasteiger partial charge in [-0.25, -0.2) is 4.39 Å². The topological polar surface area (TPSA) is 20.2 Å². The van der Waals surface area contributed by atoms with Gasteiger partial charge in [-0.15, -0.1) is 11.3 Å². The fourth-order valence-electron chi connectivity index (χ4n) is 1.56. The van der Waals surface area contributed by atoms with Crippen LogP contribution in [0, 0.1) is 12.7 Å². The number of aliphatic hydroxyl groups excluding tert-OH is 1. The molecule has 1 nitrogen and oxygen atoms in total. The van der Waals surface area contributed by atoms with Crippen LogP contribution in [-0.2, 0) is 0 Å². The Kier molecular flexibility index (Phi) is 4.02. The number of rotatable bonds is 2. The summed E-state index contributed by atoms with van der Waals surface area (Å²) in [5.74, 6) is -0.419. The molecule has 0 radical (unpaired) electrons. The first-order valence-electron chi connectivity index (χ1n) is 4.88. The van der Waals surface area contributed by atoms with Crippen molar-refractivity contribution in [3.63, 3.8) is 0 Å². The predicted octanol–water partition coefficient (Wildman–Crippen LogP) is 4.80. The lowest BCUT2D eigenvalue weighted by Crippen LogP contribution is -2.01. The number of aliphatic hydroxyl groups is 1. The minimum atomic E-state index is -0.944. The third kappa shape index (κ3) is 2.62. The van der Waals surface area contributed by atoms with Crippen LogP contribution in [0.1, 0.15) is 21.4 Å². The van der Waals surface area contributed by atoms with Gasteiger partial charge in [-0.2, -0.15) is 0 Å². The van der Waals surface area contributed by atoms with Crippen molar-refractivity contribution in [3.8, 4) is 0 Å². The SMILES string of the molecule is Cc1cc(Br)c(C(O)c2cccc(Br)c2F)s1. The number of hydrogen-bond acceptors (Lipinski definition) is 2. The van der Waals surface area contributed by atoms with Gasteiger partial charge in [0.15, 0.2) is 0 Å². The maximum Gasteiger partial charge on any atom is 0.143 e. The molecule has 1 aromatic heterocycles. The normalized spacial score (nSPS) is 12.8. The number of aryl methyl sites for hydroxylation is 1. The summed E-state index contributed by atoms with van der Waals surface area (Å²) in [4.78, 5) is 1.79. The molecule has 0 bridgehead atoms. The smallest absolute Gasteiger partial charge is 0.143 e. The summed E-state index contributed by atoms with van der Waals surface area (Å²) in [6.07, 6.45) is -0.944. The number of halogens is 3. The third-order valence-electron chi connectivity index (χ3n) is 2.36. The summed E-state index contributed by atoms with van der Waals surface area (Å²) in [5.41, 5.74) is 0.280. The molecular weight excluding hydrogens is 371 g/mol. The van der Waals surface area contributed by atoms with Crippen LogP contribution in [0.4, 0.5) is 4.39 Å².